The van der Waals surface area contributed by atoms with Gasteiger partial charge in [0.05, 0.1) is 12.0 Å². The predicted molar refractivity (Wildman–Crippen MR) is 83.4 cm³/mol. The van der Waals surface area contributed by atoms with Crippen LogP contribution in [0.5, 0.6) is 5.75 Å². The third-order valence-electron chi connectivity index (χ3n) is 3.74. The third-order valence-corrected chi connectivity index (χ3v) is 3.74. The van der Waals surface area contributed by atoms with E-state index in [0.29, 0.717) is 0 Å². The molecular formula is C18H26O3. The van der Waals surface area contributed by atoms with Crippen LogP contribution in [0, 0.1) is 12.8 Å². The summed E-state index contributed by atoms with van der Waals surface area (Å²) in [6.45, 7) is 7.81. The van der Waals surface area contributed by atoms with Gasteiger partial charge < -0.3 is 9.47 Å². The van der Waals surface area contributed by atoms with Crippen LogP contribution in [0.4, 0.5) is 0 Å². The molecule has 0 atom stereocenters. The number of rotatable bonds is 3. The van der Waals surface area contributed by atoms with E-state index in [1.54, 1.807) is 0 Å². The fourth-order valence-electron chi connectivity index (χ4n) is 2.61. The van der Waals surface area contributed by atoms with Crippen LogP contribution in [-0.2, 0) is 9.53 Å². The first kappa shape index (κ1) is 15.9. The summed E-state index contributed by atoms with van der Waals surface area (Å²) < 4.78 is 11.5. The quantitative estimate of drug-likeness (QED) is 0.780. The molecule has 0 bridgehead atoms. The number of ether oxygens (including phenoxy) is 2. The number of carbonyl (C=O) groups excluding carboxylic acids is 1. The highest BCUT2D eigenvalue weighted by molar-refractivity contribution is 5.73. The minimum absolute atomic E-state index is 0.0297. The molecule has 3 nitrogen and oxygen atoms in total. The van der Waals surface area contributed by atoms with Crippen LogP contribution in [-0.4, -0.2) is 17.7 Å². The zero-order valence-electron chi connectivity index (χ0n) is 13.5. The van der Waals surface area contributed by atoms with Gasteiger partial charge in [-0.3, -0.25) is 4.79 Å². The number of aryl methyl sites for hydroxylation is 1. The van der Waals surface area contributed by atoms with Gasteiger partial charge in [0, 0.05) is 0 Å². The average molecular weight is 290 g/mol. The van der Waals surface area contributed by atoms with Crippen molar-refractivity contribution < 1.29 is 14.3 Å². The van der Waals surface area contributed by atoms with E-state index in [2.05, 4.69) is 19.1 Å². The van der Waals surface area contributed by atoms with Crippen molar-refractivity contribution in [2.45, 2.75) is 65.1 Å². The first-order valence-corrected chi connectivity index (χ1v) is 7.80. The Balaban J connectivity index is 1.80. The number of esters is 1. The number of hydrogen-bond donors (Lipinski definition) is 0. The molecule has 1 saturated carbocycles. The van der Waals surface area contributed by atoms with Crippen molar-refractivity contribution in [3.05, 3.63) is 29.8 Å². The Bertz CT molecular complexity index is 462. The molecule has 0 saturated heterocycles. The van der Waals surface area contributed by atoms with E-state index < -0.39 is 5.60 Å². The molecule has 0 amide bonds. The lowest BCUT2D eigenvalue weighted by Gasteiger charge is -2.30. The summed E-state index contributed by atoms with van der Waals surface area (Å²) in [5.41, 5.74) is 0.836. The maximum Gasteiger partial charge on any atom is 0.309 e. The van der Waals surface area contributed by atoms with Crippen LogP contribution in [0.2, 0.25) is 0 Å². The van der Waals surface area contributed by atoms with E-state index in [1.165, 1.54) is 5.56 Å². The Morgan fingerprint density at radius 3 is 2.14 bits per heavy atom. The summed E-state index contributed by atoms with van der Waals surface area (Å²) in [4.78, 5) is 12.1. The van der Waals surface area contributed by atoms with Crippen molar-refractivity contribution >= 4 is 5.97 Å². The van der Waals surface area contributed by atoms with Gasteiger partial charge in [-0.1, -0.05) is 17.7 Å². The normalized spacial score (nSPS) is 22.7. The average Bonchev–Trinajstić information content (AvgIpc) is 2.40. The van der Waals surface area contributed by atoms with Crippen LogP contribution in [0.15, 0.2) is 24.3 Å². The van der Waals surface area contributed by atoms with Gasteiger partial charge in [0.15, 0.2) is 0 Å². The minimum atomic E-state index is -0.396. The number of hydrogen-bond acceptors (Lipinski definition) is 3. The third kappa shape index (κ3) is 5.07. The van der Waals surface area contributed by atoms with Crippen LogP contribution >= 0.6 is 0 Å². The predicted octanol–water partition coefficient (Wildman–Crippen LogP) is 4.27. The molecular weight excluding hydrogens is 264 g/mol. The van der Waals surface area contributed by atoms with Gasteiger partial charge in [-0.2, -0.15) is 0 Å². The molecule has 0 spiro atoms. The highest BCUT2D eigenvalue weighted by Gasteiger charge is 2.30. The lowest BCUT2D eigenvalue weighted by atomic mass is 9.87. The van der Waals surface area contributed by atoms with Gasteiger partial charge in [0.25, 0.3) is 0 Å². The zero-order valence-corrected chi connectivity index (χ0v) is 13.5. The molecule has 21 heavy (non-hydrogen) atoms. The Morgan fingerprint density at radius 2 is 1.62 bits per heavy atom. The number of carbonyl (C=O) groups is 1. The molecule has 1 fully saturated rings. The van der Waals surface area contributed by atoms with Crippen molar-refractivity contribution in [1.82, 2.24) is 0 Å². The minimum Gasteiger partial charge on any atom is -0.490 e. The Hall–Kier alpha value is -1.51. The van der Waals surface area contributed by atoms with Crippen LogP contribution in [0.25, 0.3) is 0 Å². The van der Waals surface area contributed by atoms with E-state index in [-0.39, 0.29) is 18.0 Å². The highest BCUT2D eigenvalue weighted by atomic mass is 16.6. The van der Waals surface area contributed by atoms with Crippen LogP contribution in [0.3, 0.4) is 0 Å². The maximum atomic E-state index is 12.1. The van der Waals surface area contributed by atoms with Crippen molar-refractivity contribution in [3.8, 4) is 5.75 Å². The molecule has 3 heteroatoms. The maximum absolute atomic E-state index is 12.1. The first-order valence-electron chi connectivity index (χ1n) is 7.80. The molecule has 0 N–H and O–H groups in total. The van der Waals surface area contributed by atoms with E-state index in [4.69, 9.17) is 9.47 Å². The standard InChI is InChI=1S/C18H26O3/c1-13-5-9-15(10-6-13)20-16-11-7-14(8-12-16)17(19)21-18(2,3)4/h5-6,9-10,14,16H,7-8,11-12H2,1-4H3. The lowest BCUT2D eigenvalue weighted by molar-refractivity contribution is -0.161. The Morgan fingerprint density at radius 1 is 1.05 bits per heavy atom. The summed E-state index contributed by atoms with van der Waals surface area (Å²) >= 11 is 0. The molecule has 0 aromatic heterocycles. The SMILES string of the molecule is Cc1ccc(OC2CCC(C(=O)OC(C)(C)C)CC2)cc1. The first-order chi connectivity index (χ1) is 9.83. The van der Waals surface area contributed by atoms with Crippen LogP contribution < -0.4 is 4.74 Å². The lowest BCUT2D eigenvalue weighted by Crippen LogP contribution is -2.33. The van der Waals surface area contributed by atoms with E-state index in [0.717, 1.165) is 31.4 Å². The molecule has 0 radical (unpaired) electrons. The zero-order chi connectivity index (χ0) is 15.5. The van der Waals surface area contributed by atoms with E-state index in [9.17, 15) is 4.79 Å². The highest BCUT2D eigenvalue weighted by Crippen LogP contribution is 2.29. The second-order valence-corrected chi connectivity index (χ2v) is 6.94. The van der Waals surface area contributed by atoms with Gasteiger partial charge >= 0.3 is 5.97 Å². The van der Waals surface area contributed by atoms with Crippen molar-refractivity contribution in [3.63, 3.8) is 0 Å². The summed E-state index contributed by atoms with van der Waals surface area (Å²) in [6, 6.07) is 8.13. The summed E-state index contributed by atoms with van der Waals surface area (Å²) in [5, 5.41) is 0. The molecule has 0 unspecified atom stereocenters. The second kappa shape index (κ2) is 6.50. The van der Waals surface area contributed by atoms with E-state index >= 15 is 0 Å². The molecule has 2 rings (SSSR count). The van der Waals surface area contributed by atoms with Crippen molar-refractivity contribution in [2.24, 2.45) is 5.92 Å². The molecule has 1 aromatic rings. The van der Waals surface area contributed by atoms with E-state index in [1.807, 2.05) is 32.9 Å². The van der Waals surface area contributed by atoms with Crippen molar-refractivity contribution in [2.75, 3.05) is 0 Å². The summed E-state index contributed by atoms with van der Waals surface area (Å²) in [5.74, 6) is 0.889. The Labute approximate surface area is 127 Å². The largest absolute Gasteiger partial charge is 0.490 e. The molecule has 1 aliphatic rings. The monoisotopic (exact) mass is 290 g/mol. The van der Waals surface area contributed by atoms with Crippen LogP contribution in [0.1, 0.15) is 52.0 Å². The summed E-state index contributed by atoms with van der Waals surface area (Å²) in [7, 11) is 0. The Kier molecular flexibility index (Phi) is 4.92. The number of benzene rings is 1. The topological polar surface area (TPSA) is 35.5 Å². The molecule has 116 valence electrons. The molecule has 1 aromatic carbocycles. The van der Waals surface area contributed by atoms with Gasteiger partial charge in [0.1, 0.15) is 11.4 Å². The molecule has 0 aliphatic heterocycles. The fraction of sp³-hybridized carbons (Fsp3) is 0.611. The second-order valence-electron chi connectivity index (χ2n) is 6.94. The van der Waals surface area contributed by atoms with Gasteiger partial charge in [-0.15, -0.1) is 0 Å². The molecule has 0 heterocycles. The van der Waals surface area contributed by atoms with Gasteiger partial charge in [0.2, 0.25) is 0 Å². The van der Waals surface area contributed by atoms with Crippen molar-refractivity contribution in [1.29, 1.82) is 0 Å². The smallest absolute Gasteiger partial charge is 0.309 e. The summed E-state index contributed by atoms with van der Waals surface area (Å²) in [6.07, 6.45) is 3.75. The van der Waals surface area contributed by atoms with Gasteiger partial charge in [-0.25, -0.2) is 0 Å². The fourth-order valence-corrected chi connectivity index (χ4v) is 2.61. The van der Waals surface area contributed by atoms with Gasteiger partial charge in [-0.05, 0) is 65.5 Å². The molecule has 1 aliphatic carbocycles.